The Morgan fingerprint density at radius 3 is 2.42 bits per heavy atom. The van der Waals surface area contributed by atoms with E-state index < -0.39 is 12.0 Å². The largest absolute Gasteiger partial charge is 0.481 e. The van der Waals surface area contributed by atoms with Crippen LogP contribution in [0.3, 0.4) is 0 Å². The standard InChI is InChI=1S/C12H21N3O4/c1-14-11(18)8-4-6-15(7-5-8)12(19)9(13)2-3-10(16)17/h8-9H,2-7,13H2,1H3,(H,14,18)(H,16,17). The number of hydrogen-bond acceptors (Lipinski definition) is 4. The molecule has 1 saturated heterocycles. The number of carbonyl (C=O) groups is 3. The lowest BCUT2D eigenvalue weighted by Gasteiger charge is -2.32. The lowest BCUT2D eigenvalue weighted by molar-refractivity contribution is -0.139. The zero-order valence-corrected chi connectivity index (χ0v) is 11.1. The maximum Gasteiger partial charge on any atom is 0.303 e. The van der Waals surface area contributed by atoms with Crippen molar-refractivity contribution in [1.82, 2.24) is 10.2 Å². The van der Waals surface area contributed by atoms with Gasteiger partial charge in [0.25, 0.3) is 0 Å². The summed E-state index contributed by atoms with van der Waals surface area (Å²) in [6, 6.07) is -0.771. The topological polar surface area (TPSA) is 113 Å². The van der Waals surface area contributed by atoms with Gasteiger partial charge in [-0.3, -0.25) is 14.4 Å². The Hall–Kier alpha value is -1.63. The molecule has 1 heterocycles. The first-order valence-electron chi connectivity index (χ1n) is 6.43. The molecular weight excluding hydrogens is 250 g/mol. The summed E-state index contributed by atoms with van der Waals surface area (Å²) in [5, 5.41) is 11.2. The second-order valence-corrected chi connectivity index (χ2v) is 4.75. The molecule has 19 heavy (non-hydrogen) atoms. The maximum atomic E-state index is 12.0. The molecule has 1 fully saturated rings. The number of piperidine rings is 1. The van der Waals surface area contributed by atoms with E-state index in [1.165, 1.54) is 0 Å². The van der Waals surface area contributed by atoms with E-state index in [0.29, 0.717) is 25.9 Å². The van der Waals surface area contributed by atoms with E-state index in [1.54, 1.807) is 11.9 Å². The van der Waals surface area contributed by atoms with Gasteiger partial charge >= 0.3 is 5.97 Å². The molecule has 2 amide bonds. The van der Waals surface area contributed by atoms with E-state index in [9.17, 15) is 14.4 Å². The van der Waals surface area contributed by atoms with Crippen molar-refractivity contribution in [2.75, 3.05) is 20.1 Å². The summed E-state index contributed by atoms with van der Waals surface area (Å²) in [5.41, 5.74) is 5.68. The van der Waals surface area contributed by atoms with E-state index in [2.05, 4.69) is 5.32 Å². The number of nitrogens with two attached hydrogens (primary N) is 1. The Morgan fingerprint density at radius 1 is 1.37 bits per heavy atom. The molecule has 1 aliphatic rings. The first-order valence-corrected chi connectivity index (χ1v) is 6.43. The first kappa shape index (κ1) is 15.4. The van der Waals surface area contributed by atoms with Gasteiger partial charge in [0.2, 0.25) is 11.8 Å². The highest BCUT2D eigenvalue weighted by Crippen LogP contribution is 2.18. The van der Waals surface area contributed by atoms with Crippen LogP contribution in [-0.2, 0) is 14.4 Å². The summed E-state index contributed by atoms with van der Waals surface area (Å²) in [7, 11) is 1.60. The molecule has 7 heteroatoms. The molecule has 0 saturated carbocycles. The number of amides is 2. The Bertz CT molecular complexity index is 351. The van der Waals surface area contributed by atoms with Crippen molar-refractivity contribution in [2.45, 2.75) is 31.7 Å². The third kappa shape index (κ3) is 4.51. The number of nitrogens with zero attached hydrogens (tertiary/aromatic N) is 1. The zero-order chi connectivity index (χ0) is 14.4. The molecule has 4 N–H and O–H groups in total. The SMILES string of the molecule is CNC(=O)C1CCN(C(=O)C(N)CCC(=O)O)CC1. The number of aliphatic carboxylic acids is 1. The predicted molar refractivity (Wildman–Crippen MR) is 68.2 cm³/mol. The van der Waals surface area contributed by atoms with Crippen LogP contribution in [0.15, 0.2) is 0 Å². The van der Waals surface area contributed by atoms with Crippen molar-refractivity contribution in [1.29, 1.82) is 0 Å². The van der Waals surface area contributed by atoms with Crippen molar-refractivity contribution >= 4 is 17.8 Å². The third-order valence-electron chi connectivity index (χ3n) is 3.41. The molecule has 0 spiro atoms. The molecule has 108 valence electrons. The first-order chi connectivity index (χ1) is 8.95. The van der Waals surface area contributed by atoms with Crippen molar-refractivity contribution < 1.29 is 19.5 Å². The summed E-state index contributed by atoms with van der Waals surface area (Å²) in [5.74, 6) is -1.23. The Morgan fingerprint density at radius 2 is 1.95 bits per heavy atom. The molecule has 7 nitrogen and oxygen atoms in total. The minimum Gasteiger partial charge on any atom is -0.481 e. The fraction of sp³-hybridized carbons (Fsp3) is 0.750. The monoisotopic (exact) mass is 271 g/mol. The highest BCUT2D eigenvalue weighted by atomic mass is 16.4. The second kappa shape index (κ2) is 7.08. The smallest absolute Gasteiger partial charge is 0.303 e. The van der Waals surface area contributed by atoms with Gasteiger partial charge in [0.05, 0.1) is 6.04 Å². The van der Waals surface area contributed by atoms with Crippen LogP contribution in [0.2, 0.25) is 0 Å². The molecule has 0 aromatic heterocycles. The number of carboxylic acid groups (broad SMARTS) is 1. The van der Waals surface area contributed by atoms with E-state index in [4.69, 9.17) is 10.8 Å². The number of hydrogen-bond donors (Lipinski definition) is 3. The minimum absolute atomic E-state index is 0.00211. The summed E-state index contributed by atoms with van der Waals surface area (Å²) in [6.45, 7) is 0.995. The Kier molecular flexibility index (Phi) is 5.75. The van der Waals surface area contributed by atoms with Crippen LogP contribution < -0.4 is 11.1 Å². The highest BCUT2D eigenvalue weighted by Gasteiger charge is 2.29. The Labute approximate surface area is 112 Å². The van der Waals surface area contributed by atoms with Crippen molar-refractivity contribution in [2.24, 2.45) is 11.7 Å². The fourth-order valence-electron chi connectivity index (χ4n) is 2.20. The molecule has 1 unspecified atom stereocenters. The summed E-state index contributed by atoms with van der Waals surface area (Å²) >= 11 is 0. The normalized spacial score (nSPS) is 17.9. The van der Waals surface area contributed by atoms with Crippen LogP contribution in [0.4, 0.5) is 0 Å². The lowest BCUT2D eigenvalue weighted by atomic mass is 9.95. The van der Waals surface area contributed by atoms with E-state index in [-0.39, 0.29) is 30.6 Å². The van der Waals surface area contributed by atoms with Gasteiger partial charge in [-0.1, -0.05) is 0 Å². The van der Waals surface area contributed by atoms with Crippen LogP contribution in [0.25, 0.3) is 0 Å². The van der Waals surface area contributed by atoms with Gasteiger partial charge < -0.3 is 21.1 Å². The van der Waals surface area contributed by atoms with Gasteiger partial charge in [-0.05, 0) is 19.3 Å². The maximum absolute atomic E-state index is 12.0. The summed E-state index contributed by atoms with van der Waals surface area (Å²) < 4.78 is 0. The number of rotatable bonds is 5. The average Bonchev–Trinajstić information content (AvgIpc) is 2.43. The second-order valence-electron chi connectivity index (χ2n) is 4.75. The van der Waals surface area contributed by atoms with Crippen molar-refractivity contribution in [3.05, 3.63) is 0 Å². The molecule has 0 aromatic rings. The van der Waals surface area contributed by atoms with Gasteiger partial charge in [-0.2, -0.15) is 0 Å². The van der Waals surface area contributed by atoms with Crippen LogP contribution in [0.1, 0.15) is 25.7 Å². The summed E-state index contributed by atoms with van der Waals surface area (Å²) in [6.07, 6.45) is 1.28. The van der Waals surface area contributed by atoms with E-state index >= 15 is 0 Å². The lowest BCUT2D eigenvalue weighted by Crippen LogP contribution is -2.48. The quantitative estimate of drug-likeness (QED) is 0.603. The van der Waals surface area contributed by atoms with Gasteiger partial charge in [-0.15, -0.1) is 0 Å². The van der Waals surface area contributed by atoms with E-state index in [0.717, 1.165) is 0 Å². The molecule has 0 bridgehead atoms. The predicted octanol–water partition coefficient (Wildman–Crippen LogP) is -0.837. The van der Waals surface area contributed by atoms with Crippen LogP contribution in [-0.4, -0.2) is 54.0 Å². The molecule has 1 aliphatic heterocycles. The van der Waals surface area contributed by atoms with Gasteiger partial charge in [0.15, 0.2) is 0 Å². The van der Waals surface area contributed by atoms with Crippen LogP contribution in [0.5, 0.6) is 0 Å². The average molecular weight is 271 g/mol. The highest BCUT2D eigenvalue weighted by molar-refractivity contribution is 5.83. The number of carbonyl (C=O) groups excluding carboxylic acids is 2. The molecule has 1 rings (SSSR count). The van der Waals surface area contributed by atoms with Crippen molar-refractivity contribution in [3.8, 4) is 0 Å². The van der Waals surface area contributed by atoms with E-state index in [1.807, 2.05) is 0 Å². The van der Waals surface area contributed by atoms with Gasteiger partial charge in [-0.25, -0.2) is 0 Å². The van der Waals surface area contributed by atoms with Crippen LogP contribution in [0, 0.1) is 5.92 Å². The number of carboxylic acids is 1. The molecule has 0 aromatic carbocycles. The van der Waals surface area contributed by atoms with Crippen LogP contribution >= 0.6 is 0 Å². The number of nitrogens with one attached hydrogen (secondary N) is 1. The molecule has 1 atom stereocenters. The fourth-order valence-corrected chi connectivity index (χ4v) is 2.20. The minimum atomic E-state index is -0.957. The van der Waals surface area contributed by atoms with Gasteiger partial charge in [0.1, 0.15) is 0 Å². The molecule has 0 aliphatic carbocycles. The van der Waals surface area contributed by atoms with Crippen molar-refractivity contribution in [3.63, 3.8) is 0 Å². The third-order valence-corrected chi connectivity index (χ3v) is 3.41. The number of likely N-dealkylation sites (tertiary alicyclic amines) is 1. The molecular formula is C12H21N3O4. The summed E-state index contributed by atoms with van der Waals surface area (Å²) in [4.78, 5) is 35.5. The zero-order valence-electron chi connectivity index (χ0n) is 11.1. The molecule has 0 radical (unpaired) electrons. The van der Waals surface area contributed by atoms with Gasteiger partial charge in [0, 0.05) is 32.5 Å². The Balaban J connectivity index is 2.40.